The Labute approximate surface area is 164 Å². The summed E-state index contributed by atoms with van der Waals surface area (Å²) in [7, 11) is 0. The molecule has 0 bridgehead atoms. The van der Waals surface area contributed by atoms with Gasteiger partial charge in [-0.25, -0.2) is 4.79 Å². The molecule has 2 heterocycles. The summed E-state index contributed by atoms with van der Waals surface area (Å²) in [6, 6.07) is 6.85. The number of Topliss-reactive ketones (excluding diaryl/α,β-unsaturated/α-hetero) is 1. The van der Waals surface area contributed by atoms with Crippen molar-refractivity contribution >= 4 is 35.0 Å². The predicted octanol–water partition coefficient (Wildman–Crippen LogP) is 1.75. The lowest BCUT2D eigenvalue weighted by Crippen LogP contribution is -2.56. The summed E-state index contributed by atoms with van der Waals surface area (Å²) in [6.07, 6.45) is 0.801. The summed E-state index contributed by atoms with van der Waals surface area (Å²) in [5, 5.41) is 3.49. The molecule has 27 heavy (non-hydrogen) atoms. The highest BCUT2D eigenvalue weighted by Gasteiger charge is 2.28. The third kappa shape index (κ3) is 4.91. The van der Waals surface area contributed by atoms with Crippen molar-refractivity contribution in [1.29, 1.82) is 0 Å². The Kier molecular flexibility index (Phi) is 6.21. The third-order valence-corrected chi connectivity index (χ3v) is 5.32. The van der Waals surface area contributed by atoms with Gasteiger partial charge in [0.2, 0.25) is 5.91 Å². The minimum Gasteiger partial charge on any atom is -0.368 e. The summed E-state index contributed by atoms with van der Waals surface area (Å²) < 4.78 is 0. The van der Waals surface area contributed by atoms with E-state index in [4.69, 9.17) is 11.6 Å². The van der Waals surface area contributed by atoms with Gasteiger partial charge in [-0.2, -0.15) is 0 Å². The summed E-state index contributed by atoms with van der Waals surface area (Å²) in [5.74, 6) is 0.0572. The fraction of sp³-hybridized carbons (Fsp3) is 0.526. The van der Waals surface area contributed by atoms with Gasteiger partial charge in [0, 0.05) is 62.8 Å². The molecule has 0 radical (unpaired) electrons. The normalized spacial score (nSPS) is 19.0. The fourth-order valence-electron chi connectivity index (χ4n) is 3.43. The van der Waals surface area contributed by atoms with Crippen LogP contribution in [-0.2, 0) is 9.59 Å². The molecule has 146 valence electrons. The van der Waals surface area contributed by atoms with Crippen LogP contribution in [0.2, 0.25) is 5.02 Å². The van der Waals surface area contributed by atoms with Gasteiger partial charge in [-0.3, -0.25) is 9.59 Å². The van der Waals surface area contributed by atoms with E-state index < -0.39 is 6.04 Å². The molecular formula is C19H25ClN4O3. The van der Waals surface area contributed by atoms with Gasteiger partial charge in [0.05, 0.1) is 0 Å². The maximum absolute atomic E-state index is 12.5. The third-order valence-electron chi connectivity index (χ3n) is 5.08. The number of carbonyl (C=O) groups is 3. The van der Waals surface area contributed by atoms with Crippen LogP contribution in [0.5, 0.6) is 0 Å². The van der Waals surface area contributed by atoms with Gasteiger partial charge in [-0.15, -0.1) is 0 Å². The molecule has 1 N–H and O–H groups in total. The van der Waals surface area contributed by atoms with Gasteiger partial charge in [-0.05, 0) is 25.1 Å². The Morgan fingerprint density at radius 2 is 1.70 bits per heavy atom. The number of halogens is 1. The molecule has 2 fully saturated rings. The molecule has 3 amide bonds. The van der Waals surface area contributed by atoms with Crippen molar-refractivity contribution in [2.45, 2.75) is 25.8 Å². The highest BCUT2D eigenvalue weighted by Crippen LogP contribution is 2.20. The van der Waals surface area contributed by atoms with Crippen LogP contribution in [0, 0.1) is 0 Å². The van der Waals surface area contributed by atoms with Crippen LogP contribution >= 0.6 is 11.6 Å². The van der Waals surface area contributed by atoms with Crippen molar-refractivity contribution < 1.29 is 14.4 Å². The number of urea groups is 1. The largest absolute Gasteiger partial charge is 0.368 e. The number of hydrogen-bond donors (Lipinski definition) is 1. The topological polar surface area (TPSA) is 73.0 Å². The molecule has 2 aliphatic heterocycles. The first kappa shape index (κ1) is 19.5. The lowest BCUT2D eigenvalue weighted by molar-refractivity contribution is -0.135. The Bertz CT molecular complexity index is 709. The lowest BCUT2D eigenvalue weighted by Gasteiger charge is -2.37. The summed E-state index contributed by atoms with van der Waals surface area (Å²) in [4.78, 5) is 41.8. The van der Waals surface area contributed by atoms with E-state index >= 15 is 0 Å². The smallest absolute Gasteiger partial charge is 0.318 e. The van der Waals surface area contributed by atoms with E-state index in [0.29, 0.717) is 57.1 Å². The van der Waals surface area contributed by atoms with E-state index in [1.54, 1.807) is 16.7 Å². The standard InChI is InChI=1S/C19H25ClN4O3/c1-14(18(26)23-7-5-17(25)6-8-23)21-19(27)24-11-9-22(10-12-24)16-4-2-3-15(20)13-16/h2-4,13-14H,5-12H2,1H3,(H,21,27). The number of nitrogens with one attached hydrogen (secondary N) is 1. The molecule has 2 saturated heterocycles. The average molecular weight is 393 g/mol. The van der Waals surface area contributed by atoms with Gasteiger partial charge in [-0.1, -0.05) is 17.7 Å². The van der Waals surface area contributed by atoms with E-state index in [9.17, 15) is 14.4 Å². The minimum absolute atomic E-state index is 0.131. The molecule has 0 aliphatic carbocycles. The Balaban J connectivity index is 1.47. The molecule has 0 aromatic heterocycles. The van der Waals surface area contributed by atoms with Gasteiger partial charge >= 0.3 is 6.03 Å². The summed E-state index contributed by atoms with van der Waals surface area (Å²) in [5.41, 5.74) is 1.05. The number of hydrogen-bond acceptors (Lipinski definition) is 4. The molecule has 1 aromatic rings. The molecule has 8 heteroatoms. The highest BCUT2D eigenvalue weighted by molar-refractivity contribution is 6.30. The summed E-state index contributed by atoms with van der Waals surface area (Å²) in [6.45, 7) is 5.16. The summed E-state index contributed by atoms with van der Waals surface area (Å²) >= 11 is 6.05. The zero-order valence-electron chi connectivity index (χ0n) is 15.5. The predicted molar refractivity (Wildman–Crippen MR) is 104 cm³/mol. The highest BCUT2D eigenvalue weighted by atomic mass is 35.5. The Morgan fingerprint density at radius 1 is 1.04 bits per heavy atom. The van der Waals surface area contributed by atoms with Crippen molar-refractivity contribution in [1.82, 2.24) is 15.1 Å². The van der Waals surface area contributed by atoms with Crippen molar-refractivity contribution in [2.24, 2.45) is 0 Å². The second kappa shape index (κ2) is 8.61. The van der Waals surface area contributed by atoms with Crippen LogP contribution in [0.3, 0.4) is 0 Å². The zero-order valence-corrected chi connectivity index (χ0v) is 16.2. The fourth-order valence-corrected chi connectivity index (χ4v) is 3.61. The first-order valence-corrected chi connectivity index (χ1v) is 9.68. The number of rotatable bonds is 3. The maximum atomic E-state index is 12.5. The second-order valence-electron chi connectivity index (χ2n) is 6.99. The van der Waals surface area contributed by atoms with Gasteiger partial charge in [0.15, 0.2) is 0 Å². The molecule has 1 atom stereocenters. The Hall–Kier alpha value is -2.28. The van der Waals surface area contributed by atoms with E-state index in [2.05, 4.69) is 10.2 Å². The second-order valence-corrected chi connectivity index (χ2v) is 7.43. The number of nitrogens with zero attached hydrogens (tertiary/aromatic N) is 3. The SMILES string of the molecule is CC(NC(=O)N1CCN(c2cccc(Cl)c2)CC1)C(=O)N1CCC(=O)CC1. The molecule has 0 spiro atoms. The van der Waals surface area contributed by atoms with Crippen molar-refractivity contribution in [3.8, 4) is 0 Å². The number of piperazine rings is 1. The van der Waals surface area contributed by atoms with E-state index in [0.717, 1.165) is 5.69 Å². The van der Waals surface area contributed by atoms with Crippen molar-refractivity contribution in [2.75, 3.05) is 44.2 Å². The van der Waals surface area contributed by atoms with Crippen LogP contribution in [0.1, 0.15) is 19.8 Å². The molecule has 2 aliphatic rings. The van der Waals surface area contributed by atoms with E-state index in [1.165, 1.54) is 0 Å². The van der Waals surface area contributed by atoms with Crippen LogP contribution in [0.15, 0.2) is 24.3 Å². The van der Waals surface area contributed by atoms with Gasteiger partial charge < -0.3 is 20.0 Å². The molecule has 3 rings (SSSR count). The van der Waals surface area contributed by atoms with Crippen molar-refractivity contribution in [3.05, 3.63) is 29.3 Å². The molecular weight excluding hydrogens is 368 g/mol. The molecule has 7 nitrogen and oxygen atoms in total. The first-order chi connectivity index (χ1) is 12.9. The van der Waals surface area contributed by atoms with E-state index in [1.807, 2.05) is 24.3 Å². The number of amides is 3. The molecule has 0 saturated carbocycles. The number of ketones is 1. The molecule has 1 unspecified atom stereocenters. The minimum atomic E-state index is -0.600. The number of anilines is 1. The Morgan fingerprint density at radius 3 is 2.33 bits per heavy atom. The van der Waals surface area contributed by atoms with Crippen LogP contribution in [-0.4, -0.2) is 72.8 Å². The first-order valence-electron chi connectivity index (χ1n) is 9.30. The van der Waals surface area contributed by atoms with Crippen LogP contribution < -0.4 is 10.2 Å². The van der Waals surface area contributed by atoms with E-state index in [-0.39, 0.29) is 17.7 Å². The molecule has 1 aromatic carbocycles. The maximum Gasteiger partial charge on any atom is 0.318 e. The quantitative estimate of drug-likeness (QED) is 0.850. The van der Waals surface area contributed by atoms with Crippen LogP contribution in [0.4, 0.5) is 10.5 Å². The van der Waals surface area contributed by atoms with Gasteiger partial charge in [0.1, 0.15) is 11.8 Å². The number of piperidine rings is 1. The average Bonchev–Trinajstić information content (AvgIpc) is 2.68. The van der Waals surface area contributed by atoms with Gasteiger partial charge in [0.25, 0.3) is 0 Å². The number of benzene rings is 1. The van der Waals surface area contributed by atoms with Crippen LogP contribution in [0.25, 0.3) is 0 Å². The zero-order chi connectivity index (χ0) is 19.4. The monoisotopic (exact) mass is 392 g/mol. The van der Waals surface area contributed by atoms with Crippen molar-refractivity contribution in [3.63, 3.8) is 0 Å². The number of likely N-dealkylation sites (tertiary alicyclic amines) is 1. The number of carbonyl (C=O) groups excluding carboxylic acids is 3. The lowest BCUT2D eigenvalue weighted by atomic mass is 10.1.